The molecule has 17 heavy (non-hydrogen) atoms. The van der Waals surface area contributed by atoms with Crippen LogP contribution in [0.5, 0.6) is 0 Å². The molecular formula is C12H14BrNO3. The first kappa shape index (κ1) is 12.5. The van der Waals surface area contributed by atoms with Crippen molar-refractivity contribution in [1.29, 1.82) is 0 Å². The van der Waals surface area contributed by atoms with E-state index in [4.69, 9.17) is 4.74 Å². The van der Waals surface area contributed by atoms with Crippen molar-refractivity contribution < 1.29 is 9.53 Å². The number of aromatic nitrogens is 1. The van der Waals surface area contributed by atoms with Crippen molar-refractivity contribution in [3.63, 3.8) is 0 Å². The minimum Gasteiger partial charge on any atom is -0.381 e. The van der Waals surface area contributed by atoms with Gasteiger partial charge in [0.25, 0.3) is 5.56 Å². The van der Waals surface area contributed by atoms with Gasteiger partial charge in [-0.2, -0.15) is 0 Å². The van der Waals surface area contributed by atoms with Crippen LogP contribution in [0.3, 0.4) is 0 Å². The number of halogens is 1. The van der Waals surface area contributed by atoms with Crippen LogP contribution >= 0.6 is 15.9 Å². The van der Waals surface area contributed by atoms with Crippen molar-refractivity contribution >= 4 is 22.2 Å². The van der Waals surface area contributed by atoms with Crippen molar-refractivity contribution in [2.45, 2.75) is 19.4 Å². The predicted octanol–water partition coefficient (Wildman–Crippen LogP) is 1.85. The molecule has 0 amide bonds. The Morgan fingerprint density at radius 3 is 2.82 bits per heavy atom. The zero-order valence-corrected chi connectivity index (χ0v) is 11.0. The normalized spacial score (nSPS) is 17.0. The van der Waals surface area contributed by atoms with Gasteiger partial charge in [-0.25, -0.2) is 0 Å². The number of rotatable bonds is 3. The average molecular weight is 300 g/mol. The fourth-order valence-electron chi connectivity index (χ4n) is 2.05. The number of ether oxygens (including phenoxy) is 1. The third kappa shape index (κ3) is 3.04. The van der Waals surface area contributed by atoms with Crippen LogP contribution in [0.2, 0.25) is 0 Å². The standard InChI is InChI=1S/C12H14BrNO3/c13-11-5-10(8-15)12(16)14(7-11)6-9-1-3-17-4-2-9/h5,7-9H,1-4,6H2. The number of hydrogen-bond donors (Lipinski definition) is 0. The van der Waals surface area contributed by atoms with Crippen LogP contribution < -0.4 is 5.56 Å². The molecule has 1 saturated heterocycles. The molecule has 0 atom stereocenters. The second-order valence-electron chi connectivity index (χ2n) is 4.24. The Bertz CT molecular complexity index is 463. The Morgan fingerprint density at radius 1 is 1.47 bits per heavy atom. The molecule has 2 heterocycles. The number of pyridine rings is 1. The first-order valence-corrected chi connectivity index (χ1v) is 6.43. The molecule has 0 radical (unpaired) electrons. The van der Waals surface area contributed by atoms with Gasteiger partial charge in [-0.15, -0.1) is 0 Å². The van der Waals surface area contributed by atoms with E-state index >= 15 is 0 Å². The van der Waals surface area contributed by atoms with Crippen molar-refractivity contribution in [3.8, 4) is 0 Å². The number of carbonyl (C=O) groups excluding carboxylic acids is 1. The van der Waals surface area contributed by atoms with E-state index in [2.05, 4.69) is 15.9 Å². The lowest BCUT2D eigenvalue weighted by atomic mass is 10.0. The van der Waals surface area contributed by atoms with E-state index in [0.29, 0.717) is 18.7 Å². The second kappa shape index (κ2) is 5.60. The molecule has 2 rings (SSSR count). The quantitative estimate of drug-likeness (QED) is 0.800. The Balaban J connectivity index is 2.22. The maximum absolute atomic E-state index is 11.9. The molecule has 0 N–H and O–H groups in total. The number of nitrogens with zero attached hydrogens (tertiary/aromatic N) is 1. The molecule has 5 heteroatoms. The van der Waals surface area contributed by atoms with Gasteiger partial charge < -0.3 is 9.30 Å². The van der Waals surface area contributed by atoms with E-state index in [9.17, 15) is 9.59 Å². The molecule has 0 spiro atoms. The fourth-order valence-corrected chi connectivity index (χ4v) is 2.54. The number of aldehydes is 1. The minimum absolute atomic E-state index is 0.200. The molecule has 92 valence electrons. The fraction of sp³-hybridized carbons (Fsp3) is 0.500. The zero-order valence-electron chi connectivity index (χ0n) is 9.39. The molecule has 0 unspecified atom stereocenters. The summed E-state index contributed by atoms with van der Waals surface area (Å²) in [7, 11) is 0. The van der Waals surface area contributed by atoms with E-state index in [0.717, 1.165) is 30.5 Å². The van der Waals surface area contributed by atoms with Crippen molar-refractivity contribution in [3.05, 3.63) is 32.7 Å². The van der Waals surface area contributed by atoms with E-state index in [-0.39, 0.29) is 11.1 Å². The highest BCUT2D eigenvalue weighted by atomic mass is 79.9. The summed E-state index contributed by atoms with van der Waals surface area (Å²) < 4.78 is 7.65. The van der Waals surface area contributed by atoms with E-state index in [1.165, 1.54) is 0 Å². The molecule has 0 bridgehead atoms. The highest BCUT2D eigenvalue weighted by molar-refractivity contribution is 9.10. The van der Waals surface area contributed by atoms with Crippen LogP contribution in [0.15, 0.2) is 21.5 Å². The highest BCUT2D eigenvalue weighted by Gasteiger charge is 2.15. The largest absolute Gasteiger partial charge is 0.381 e. The average Bonchev–Trinajstić information content (AvgIpc) is 2.34. The third-order valence-corrected chi connectivity index (χ3v) is 3.44. The molecule has 1 aliphatic rings. The lowest BCUT2D eigenvalue weighted by Gasteiger charge is -2.22. The van der Waals surface area contributed by atoms with E-state index in [1.54, 1.807) is 16.8 Å². The summed E-state index contributed by atoms with van der Waals surface area (Å²) in [6, 6.07) is 1.55. The Kier molecular flexibility index (Phi) is 4.12. The summed E-state index contributed by atoms with van der Waals surface area (Å²) in [5.41, 5.74) is -0.0128. The first-order chi connectivity index (χ1) is 8.20. The van der Waals surface area contributed by atoms with Gasteiger partial charge in [0.1, 0.15) is 0 Å². The van der Waals surface area contributed by atoms with Gasteiger partial charge >= 0.3 is 0 Å². The van der Waals surface area contributed by atoms with Crippen LogP contribution in [0.25, 0.3) is 0 Å². The summed E-state index contributed by atoms with van der Waals surface area (Å²) in [6.07, 6.45) is 4.28. The van der Waals surface area contributed by atoms with E-state index < -0.39 is 0 Å². The van der Waals surface area contributed by atoms with Gasteiger partial charge in [0.05, 0.1) is 5.56 Å². The minimum atomic E-state index is -0.213. The molecule has 0 aromatic carbocycles. The SMILES string of the molecule is O=Cc1cc(Br)cn(CC2CCOCC2)c1=O. The summed E-state index contributed by atoms with van der Waals surface area (Å²) in [5.74, 6) is 0.454. The van der Waals surface area contributed by atoms with Crippen LogP contribution in [0, 0.1) is 5.92 Å². The monoisotopic (exact) mass is 299 g/mol. The second-order valence-corrected chi connectivity index (χ2v) is 5.16. The maximum Gasteiger partial charge on any atom is 0.261 e. The molecule has 0 aliphatic carbocycles. The van der Waals surface area contributed by atoms with Crippen LogP contribution in [0.4, 0.5) is 0 Å². The number of hydrogen-bond acceptors (Lipinski definition) is 3. The van der Waals surface area contributed by atoms with Crippen molar-refractivity contribution in [1.82, 2.24) is 4.57 Å². The predicted molar refractivity (Wildman–Crippen MR) is 67.3 cm³/mol. The molecule has 0 saturated carbocycles. The molecule has 1 aromatic rings. The van der Waals surface area contributed by atoms with E-state index in [1.807, 2.05) is 0 Å². The third-order valence-electron chi connectivity index (χ3n) is 3.00. The summed E-state index contributed by atoms with van der Waals surface area (Å²) >= 11 is 3.31. The molecule has 1 aliphatic heterocycles. The van der Waals surface area contributed by atoms with Gasteiger partial charge in [0.15, 0.2) is 6.29 Å². The maximum atomic E-state index is 11.9. The van der Waals surface area contributed by atoms with Gasteiger partial charge in [-0.1, -0.05) is 0 Å². The molecule has 1 aromatic heterocycles. The van der Waals surface area contributed by atoms with Gasteiger partial charge in [0.2, 0.25) is 0 Å². The first-order valence-electron chi connectivity index (χ1n) is 5.63. The molecule has 4 nitrogen and oxygen atoms in total. The van der Waals surface area contributed by atoms with Gasteiger partial charge in [0, 0.05) is 30.4 Å². The lowest BCUT2D eigenvalue weighted by molar-refractivity contribution is 0.0609. The Hall–Kier alpha value is -0.940. The lowest BCUT2D eigenvalue weighted by Crippen LogP contribution is -2.29. The van der Waals surface area contributed by atoms with Crippen molar-refractivity contribution in [2.24, 2.45) is 5.92 Å². The van der Waals surface area contributed by atoms with Gasteiger partial charge in [-0.3, -0.25) is 9.59 Å². The van der Waals surface area contributed by atoms with Crippen molar-refractivity contribution in [2.75, 3.05) is 13.2 Å². The number of carbonyl (C=O) groups is 1. The molecular weight excluding hydrogens is 286 g/mol. The topological polar surface area (TPSA) is 48.3 Å². The van der Waals surface area contributed by atoms with Gasteiger partial charge in [-0.05, 0) is 40.8 Å². The Labute approximate surface area is 108 Å². The highest BCUT2D eigenvalue weighted by Crippen LogP contribution is 2.17. The summed E-state index contributed by atoms with van der Waals surface area (Å²) in [6.45, 7) is 2.17. The summed E-state index contributed by atoms with van der Waals surface area (Å²) in [5, 5.41) is 0. The Morgan fingerprint density at radius 2 is 2.18 bits per heavy atom. The smallest absolute Gasteiger partial charge is 0.261 e. The van der Waals surface area contributed by atoms with Crippen LogP contribution in [0.1, 0.15) is 23.2 Å². The zero-order chi connectivity index (χ0) is 12.3. The van der Waals surface area contributed by atoms with Crippen LogP contribution in [-0.2, 0) is 11.3 Å². The molecule has 1 fully saturated rings. The van der Waals surface area contributed by atoms with Crippen LogP contribution in [-0.4, -0.2) is 24.1 Å². The summed E-state index contributed by atoms with van der Waals surface area (Å²) in [4.78, 5) is 22.7.